The van der Waals surface area contributed by atoms with Crippen molar-refractivity contribution in [3.05, 3.63) is 24.3 Å². The van der Waals surface area contributed by atoms with Gasteiger partial charge in [-0.25, -0.2) is 9.97 Å². The molecule has 6 heteroatoms. The normalized spacial score (nSPS) is 23.0. The second-order valence-corrected chi connectivity index (χ2v) is 9.73. The zero-order chi connectivity index (χ0) is 18.9. The predicted octanol–water partition coefficient (Wildman–Crippen LogP) is 3.75. The molecule has 0 spiro atoms. The Kier molecular flexibility index (Phi) is 5.35. The quantitative estimate of drug-likeness (QED) is 0.801. The van der Waals surface area contributed by atoms with Crippen molar-refractivity contribution in [2.75, 3.05) is 41.7 Å². The fourth-order valence-corrected chi connectivity index (χ4v) is 6.16. The van der Waals surface area contributed by atoms with E-state index in [1.165, 1.54) is 19.3 Å². The molecule has 1 atom stereocenters. The minimum Gasteiger partial charge on any atom is -0.354 e. The molecule has 27 heavy (non-hydrogen) atoms. The first kappa shape index (κ1) is 18.7. The maximum absolute atomic E-state index is 12.8. The molecule has 2 aliphatic heterocycles. The Morgan fingerprint density at radius 3 is 2.11 bits per heavy atom. The number of piperidine rings is 1. The first-order chi connectivity index (χ1) is 13.2. The summed E-state index contributed by atoms with van der Waals surface area (Å²) < 4.78 is 12.7. The zero-order valence-corrected chi connectivity index (χ0v) is 17.3. The van der Waals surface area contributed by atoms with Crippen LogP contribution in [0.5, 0.6) is 0 Å². The minimum atomic E-state index is -0.773. The fourth-order valence-electron chi connectivity index (χ4n) is 4.40. The Balaban J connectivity index is 1.78. The summed E-state index contributed by atoms with van der Waals surface area (Å²) in [5.74, 6) is 2.72. The monoisotopic (exact) mass is 386 g/mol. The van der Waals surface area contributed by atoms with Crippen LogP contribution in [0.3, 0.4) is 0 Å². The Morgan fingerprint density at radius 2 is 1.52 bits per heavy atom. The maximum atomic E-state index is 12.8. The van der Waals surface area contributed by atoms with Crippen molar-refractivity contribution in [3.63, 3.8) is 0 Å². The van der Waals surface area contributed by atoms with Crippen molar-refractivity contribution in [2.45, 2.75) is 50.7 Å². The van der Waals surface area contributed by atoms with Crippen LogP contribution in [0, 0.1) is 0 Å². The fraction of sp³-hybridized carbons (Fsp3) is 0.619. The molecule has 146 valence electrons. The summed E-state index contributed by atoms with van der Waals surface area (Å²) in [6, 6.07) is 8.14. The Bertz CT molecular complexity index is 830. The average Bonchev–Trinajstić information content (AvgIpc) is 2.74. The molecular formula is C21H30N4OS. The van der Waals surface area contributed by atoms with Crippen molar-refractivity contribution in [1.29, 1.82) is 0 Å². The van der Waals surface area contributed by atoms with Crippen LogP contribution in [0.1, 0.15) is 46.0 Å². The molecule has 0 amide bonds. The van der Waals surface area contributed by atoms with E-state index in [2.05, 4.69) is 23.6 Å². The van der Waals surface area contributed by atoms with Gasteiger partial charge in [0.15, 0.2) is 11.6 Å². The van der Waals surface area contributed by atoms with Crippen LogP contribution in [-0.2, 0) is 10.8 Å². The van der Waals surface area contributed by atoms with Crippen LogP contribution in [-0.4, -0.2) is 50.9 Å². The van der Waals surface area contributed by atoms with Crippen molar-refractivity contribution in [3.8, 4) is 0 Å². The van der Waals surface area contributed by atoms with E-state index in [1.54, 1.807) is 0 Å². The maximum Gasteiger partial charge on any atom is 0.172 e. The number of benzene rings is 1. The average molecular weight is 387 g/mol. The van der Waals surface area contributed by atoms with Gasteiger partial charge in [-0.15, -0.1) is 0 Å². The molecule has 2 fully saturated rings. The highest BCUT2D eigenvalue weighted by molar-refractivity contribution is 7.86. The second kappa shape index (κ2) is 7.74. The molecule has 1 aromatic carbocycles. The summed E-state index contributed by atoms with van der Waals surface area (Å²) >= 11 is 0. The van der Waals surface area contributed by atoms with Gasteiger partial charge in [0.25, 0.3) is 0 Å². The molecule has 0 bridgehead atoms. The van der Waals surface area contributed by atoms with Gasteiger partial charge in [0.2, 0.25) is 0 Å². The van der Waals surface area contributed by atoms with Gasteiger partial charge in [0.05, 0.1) is 15.8 Å². The zero-order valence-electron chi connectivity index (χ0n) is 16.5. The topological polar surface area (TPSA) is 49.3 Å². The lowest BCUT2D eigenvalue weighted by molar-refractivity contribution is 0.493. The number of rotatable bonds is 4. The van der Waals surface area contributed by atoms with Crippen molar-refractivity contribution < 1.29 is 4.21 Å². The summed E-state index contributed by atoms with van der Waals surface area (Å²) in [4.78, 5) is 14.9. The third-order valence-corrected chi connectivity index (χ3v) is 8.51. The second-order valence-electron chi connectivity index (χ2n) is 7.77. The van der Waals surface area contributed by atoms with Crippen LogP contribution in [0.2, 0.25) is 0 Å². The third-order valence-electron chi connectivity index (χ3n) is 6.29. The van der Waals surface area contributed by atoms with Gasteiger partial charge in [0.1, 0.15) is 0 Å². The summed E-state index contributed by atoms with van der Waals surface area (Å²) in [6.45, 7) is 8.03. The van der Waals surface area contributed by atoms with Gasteiger partial charge in [0, 0.05) is 42.7 Å². The van der Waals surface area contributed by atoms with Gasteiger partial charge >= 0.3 is 0 Å². The van der Waals surface area contributed by atoms with E-state index in [9.17, 15) is 4.21 Å². The Morgan fingerprint density at radius 1 is 0.926 bits per heavy atom. The largest absolute Gasteiger partial charge is 0.354 e. The van der Waals surface area contributed by atoms with Crippen LogP contribution in [0.25, 0.3) is 11.0 Å². The first-order valence-electron chi connectivity index (χ1n) is 10.3. The van der Waals surface area contributed by atoms with Crippen LogP contribution < -0.4 is 9.80 Å². The summed E-state index contributed by atoms with van der Waals surface area (Å²) in [7, 11) is -0.773. The van der Waals surface area contributed by atoms with Gasteiger partial charge < -0.3 is 9.80 Å². The predicted molar refractivity (Wildman–Crippen MR) is 114 cm³/mol. The van der Waals surface area contributed by atoms with E-state index < -0.39 is 10.8 Å². The standard InChI is InChI=1S/C21H30N4OS/c1-3-21(4-2)16-25(14-15-27(21)26)20-19(24-12-8-5-9-13-24)22-17-10-6-7-11-18(17)23-20/h6-7,10-11H,3-5,8-9,12-16H2,1-2H3. The molecule has 2 saturated heterocycles. The number of nitrogens with zero attached hydrogens (tertiary/aromatic N) is 4. The van der Waals surface area contributed by atoms with E-state index in [0.29, 0.717) is 0 Å². The molecule has 0 saturated carbocycles. The van der Waals surface area contributed by atoms with Crippen molar-refractivity contribution >= 4 is 33.5 Å². The van der Waals surface area contributed by atoms with E-state index in [-0.39, 0.29) is 4.75 Å². The molecule has 1 aromatic heterocycles. The molecule has 0 N–H and O–H groups in total. The molecular weight excluding hydrogens is 356 g/mol. The number of aromatic nitrogens is 2. The minimum absolute atomic E-state index is 0.134. The van der Waals surface area contributed by atoms with Gasteiger partial charge in [-0.1, -0.05) is 26.0 Å². The highest BCUT2D eigenvalue weighted by Gasteiger charge is 2.40. The van der Waals surface area contributed by atoms with Gasteiger partial charge in [-0.3, -0.25) is 4.21 Å². The van der Waals surface area contributed by atoms with Crippen LogP contribution in [0.4, 0.5) is 11.6 Å². The van der Waals surface area contributed by atoms with E-state index >= 15 is 0 Å². The number of anilines is 2. The summed E-state index contributed by atoms with van der Waals surface area (Å²) in [6.07, 6.45) is 5.60. The van der Waals surface area contributed by atoms with Crippen LogP contribution >= 0.6 is 0 Å². The van der Waals surface area contributed by atoms with E-state index in [4.69, 9.17) is 9.97 Å². The molecule has 0 aliphatic carbocycles. The summed E-state index contributed by atoms with van der Waals surface area (Å²) in [5.41, 5.74) is 1.90. The highest BCUT2D eigenvalue weighted by Crippen LogP contribution is 2.35. The lowest BCUT2D eigenvalue weighted by Crippen LogP contribution is -2.53. The number of hydrogen-bond acceptors (Lipinski definition) is 5. The van der Waals surface area contributed by atoms with E-state index in [0.717, 1.165) is 67.4 Å². The lowest BCUT2D eigenvalue weighted by Gasteiger charge is -2.42. The Labute approximate surface area is 164 Å². The molecule has 3 heterocycles. The highest BCUT2D eigenvalue weighted by atomic mass is 32.2. The SMILES string of the molecule is CCC1(CC)CN(c2nc3ccccc3nc2N2CCCCC2)CCS1=O. The van der Waals surface area contributed by atoms with Gasteiger partial charge in [-0.2, -0.15) is 0 Å². The molecule has 4 rings (SSSR count). The molecule has 0 radical (unpaired) electrons. The van der Waals surface area contributed by atoms with E-state index in [1.807, 2.05) is 24.3 Å². The molecule has 2 aliphatic rings. The van der Waals surface area contributed by atoms with Crippen LogP contribution in [0.15, 0.2) is 24.3 Å². The summed E-state index contributed by atoms with van der Waals surface area (Å²) in [5, 5.41) is 0. The molecule has 2 aromatic rings. The first-order valence-corrected chi connectivity index (χ1v) is 11.6. The smallest absolute Gasteiger partial charge is 0.172 e. The number of hydrogen-bond donors (Lipinski definition) is 0. The third kappa shape index (κ3) is 3.44. The number of para-hydroxylation sites is 2. The van der Waals surface area contributed by atoms with Crippen molar-refractivity contribution in [1.82, 2.24) is 9.97 Å². The van der Waals surface area contributed by atoms with Gasteiger partial charge in [-0.05, 0) is 44.2 Å². The Hall–Kier alpha value is -1.69. The molecule has 1 unspecified atom stereocenters. The van der Waals surface area contributed by atoms with Crippen molar-refractivity contribution in [2.24, 2.45) is 0 Å². The molecule has 5 nitrogen and oxygen atoms in total. The lowest BCUT2D eigenvalue weighted by atomic mass is 10.0. The number of fused-ring (bicyclic) bond motifs is 1.